The van der Waals surface area contributed by atoms with Gasteiger partial charge in [0.2, 0.25) is 5.91 Å². The third-order valence-electron chi connectivity index (χ3n) is 3.45. The second-order valence-electron chi connectivity index (χ2n) is 5.96. The van der Waals surface area contributed by atoms with E-state index < -0.39 is 6.04 Å². The number of amides is 2. The van der Waals surface area contributed by atoms with Crippen molar-refractivity contribution in [2.24, 2.45) is 5.92 Å². The molecule has 0 radical (unpaired) electrons. The molecule has 0 fully saturated rings. The van der Waals surface area contributed by atoms with Gasteiger partial charge in [-0.25, -0.2) is 4.98 Å². The van der Waals surface area contributed by atoms with Crippen molar-refractivity contribution >= 4 is 34.7 Å². The number of thiophene rings is 1. The number of aromatic nitrogens is 1. The zero-order chi connectivity index (χ0) is 17.7. The molecule has 0 saturated carbocycles. The van der Waals surface area contributed by atoms with Gasteiger partial charge in [-0.2, -0.15) is 0 Å². The van der Waals surface area contributed by atoms with E-state index in [1.165, 1.54) is 11.3 Å². The Labute approximate surface area is 145 Å². The molecule has 2 aromatic heterocycles. The Morgan fingerprint density at radius 2 is 1.96 bits per heavy atom. The van der Waals surface area contributed by atoms with Gasteiger partial charge in [0.05, 0.1) is 16.8 Å². The van der Waals surface area contributed by atoms with Crippen LogP contribution in [-0.4, -0.2) is 36.9 Å². The van der Waals surface area contributed by atoms with Crippen molar-refractivity contribution in [2.45, 2.75) is 19.9 Å². The molecule has 0 saturated heterocycles. The van der Waals surface area contributed by atoms with E-state index in [0.717, 1.165) is 5.82 Å². The van der Waals surface area contributed by atoms with Crippen molar-refractivity contribution in [3.05, 3.63) is 40.7 Å². The maximum Gasteiger partial charge on any atom is 0.262 e. The summed E-state index contributed by atoms with van der Waals surface area (Å²) >= 11 is 1.35. The average molecular weight is 346 g/mol. The van der Waals surface area contributed by atoms with Crippen LogP contribution in [-0.2, 0) is 4.79 Å². The van der Waals surface area contributed by atoms with Crippen LogP contribution in [0.4, 0.5) is 11.5 Å². The van der Waals surface area contributed by atoms with E-state index in [1.807, 2.05) is 50.4 Å². The third kappa shape index (κ3) is 4.55. The fraction of sp³-hybridized carbons (Fsp3) is 0.353. The van der Waals surface area contributed by atoms with Gasteiger partial charge in [-0.15, -0.1) is 11.3 Å². The molecule has 2 rings (SSSR count). The van der Waals surface area contributed by atoms with Gasteiger partial charge >= 0.3 is 0 Å². The fourth-order valence-corrected chi connectivity index (χ4v) is 2.73. The number of hydrogen-bond donors (Lipinski definition) is 2. The maximum atomic E-state index is 12.5. The predicted octanol–water partition coefficient (Wildman–Crippen LogP) is 2.60. The predicted molar refractivity (Wildman–Crippen MR) is 97.6 cm³/mol. The summed E-state index contributed by atoms with van der Waals surface area (Å²) in [5, 5.41) is 7.44. The van der Waals surface area contributed by atoms with Crippen LogP contribution in [0.25, 0.3) is 0 Å². The minimum Gasteiger partial charge on any atom is -0.363 e. The van der Waals surface area contributed by atoms with Gasteiger partial charge in [-0.3, -0.25) is 9.59 Å². The molecule has 0 aromatic carbocycles. The smallest absolute Gasteiger partial charge is 0.262 e. The molecule has 1 unspecified atom stereocenters. The lowest BCUT2D eigenvalue weighted by Crippen LogP contribution is -2.46. The van der Waals surface area contributed by atoms with Crippen LogP contribution in [0.2, 0.25) is 0 Å². The standard InChI is InChI=1S/C17H22N4O2S/c1-11(2)15(20-16(22)13-6-5-9-24-13)17(23)19-12-7-8-14(18-10-12)21(3)4/h5-11,15H,1-4H3,(H,19,23)(H,20,22). The van der Waals surface area contributed by atoms with Crippen LogP contribution in [0, 0.1) is 5.92 Å². The SMILES string of the molecule is CC(C)C(NC(=O)c1cccs1)C(=O)Nc1ccc(N(C)C)nc1. The minimum absolute atomic E-state index is 0.0390. The van der Waals surface area contributed by atoms with E-state index in [-0.39, 0.29) is 17.7 Å². The highest BCUT2D eigenvalue weighted by molar-refractivity contribution is 7.12. The first kappa shape index (κ1) is 17.9. The van der Waals surface area contributed by atoms with Gasteiger partial charge in [0.15, 0.2) is 0 Å². The first-order chi connectivity index (χ1) is 11.4. The Kier molecular flexibility index (Phi) is 5.92. The third-order valence-corrected chi connectivity index (χ3v) is 4.32. The summed E-state index contributed by atoms with van der Waals surface area (Å²) in [6.45, 7) is 3.79. The quantitative estimate of drug-likeness (QED) is 0.843. The van der Waals surface area contributed by atoms with Gasteiger partial charge in [-0.1, -0.05) is 19.9 Å². The van der Waals surface area contributed by atoms with Crippen molar-refractivity contribution in [1.82, 2.24) is 10.3 Å². The number of nitrogens with zero attached hydrogens (tertiary/aromatic N) is 2. The van der Waals surface area contributed by atoms with E-state index in [2.05, 4.69) is 15.6 Å². The highest BCUT2D eigenvalue weighted by atomic mass is 32.1. The zero-order valence-electron chi connectivity index (χ0n) is 14.2. The number of nitrogens with one attached hydrogen (secondary N) is 2. The molecule has 7 heteroatoms. The van der Waals surface area contributed by atoms with E-state index in [0.29, 0.717) is 10.6 Å². The minimum atomic E-state index is -0.617. The molecule has 0 spiro atoms. The summed E-state index contributed by atoms with van der Waals surface area (Å²) in [5.41, 5.74) is 0.599. The summed E-state index contributed by atoms with van der Waals surface area (Å²) in [5.74, 6) is 0.275. The van der Waals surface area contributed by atoms with Crippen molar-refractivity contribution in [2.75, 3.05) is 24.3 Å². The highest BCUT2D eigenvalue weighted by Gasteiger charge is 2.25. The molecule has 128 valence electrons. The lowest BCUT2D eigenvalue weighted by Gasteiger charge is -2.21. The van der Waals surface area contributed by atoms with Crippen LogP contribution in [0.5, 0.6) is 0 Å². The number of carbonyl (C=O) groups is 2. The lowest BCUT2D eigenvalue weighted by atomic mass is 10.0. The molecule has 2 amide bonds. The molecular formula is C17H22N4O2S. The van der Waals surface area contributed by atoms with Crippen molar-refractivity contribution in [3.63, 3.8) is 0 Å². The number of carbonyl (C=O) groups excluding carboxylic acids is 2. The van der Waals surface area contributed by atoms with Gasteiger partial charge in [0.1, 0.15) is 11.9 Å². The summed E-state index contributed by atoms with van der Waals surface area (Å²) in [7, 11) is 3.80. The number of pyridine rings is 1. The van der Waals surface area contributed by atoms with Gasteiger partial charge < -0.3 is 15.5 Å². The molecule has 24 heavy (non-hydrogen) atoms. The van der Waals surface area contributed by atoms with Crippen molar-refractivity contribution in [1.29, 1.82) is 0 Å². The topological polar surface area (TPSA) is 74.3 Å². The molecule has 0 aliphatic heterocycles. The molecule has 2 aromatic rings. The normalized spacial score (nSPS) is 11.9. The second kappa shape index (κ2) is 7.92. The maximum absolute atomic E-state index is 12.5. The number of anilines is 2. The highest BCUT2D eigenvalue weighted by Crippen LogP contribution is 2.14. The van der Waals surface area contributed by atoms with Crippen LogP contribution in [0.1, 0.15) is 23.5 Å². The van der Waals surface area contributed by atoms with Crippen molar-refractivity contribution < 1.29 is 9.59 Å². The monoisotopic (exact) mass is 346 g/mol. The summed E-state index contributed by atoms with van der Waals surface area (Å²) in [6.07, 6.45) is 1.60. The molecule has 2 N–H and O–H groups in total. The van der Waals surface area contributed by atoms with Crippen molar-refractivity contribution in [3.8, 4) is 0 Å². The van der Waals surface area contributed by atoms with Gasteiger partial charge in [0, 0.05) is 14.1 Å². The Morgan fingerprint density at radius 1 is 1.21 bits per heavy atom. The van der Waals surface area contributed by atoms with E-state index in [1.54, 1.807) is 18.3 Å². The molecule has 6 nitrogen and oxygen atoms in total. The molecule has 2 heterocycles. The largest absolute Gasteiger partial charge is 0.363 e. The first-order valence-corrected chi connectivity index (χ1v) is 8.55. The fourth-order valence-electron chi connectivity index (χ4n) is 2.10. The van der Waals surface area contributed by atoms with Gasteiger partial charge in [-0.05, 0) is 29.5 Å². The number of hydrogen-bond acceptors (Lipinski definition) is 5. The molecular weight excluding hydrogens is 324 g/mol. The Balaban J connectivity index is 2.04. The average Bonchev–Trinajstić information content (AvgIpc) is 3.07. The second-order valence-corrected chi connectivity index (χ2v) is 6.91. The Hall–Kier alpha value is -2.41. The van der Waals surface area contributed by atoms with Crippen LogP contribution < -0.4 is 15.5 Å². The van der Waals surface area contributed by atoms with Crippen LogP contribution in [0.3, 0.4) is 0 Å². The molecule has 0 aliphatic carbocycles. The Morgan fingerprint density at radius 3 is 2.46 bits per heavy atom. The summed E-state index contributed by atoms with van der Waals surface area (Å²) in [6, 6.07) is 6.54. The van der Waals surface area contributed by atoms with E-state index in [4.69, 9.17) is 0 Å². The summed E-state index contributed by atoms with van der Waals surface area (Å²) < 4.78 is 0. The van der Waals surface area contributed by atoms with Crippen LogP contribution >= 0.6 is 11.3 Å². The first-order valence-electron chi connectivity index (χ1n) is 7.67. The molecule has 0 aliphatic rings. The van der Waals surface area contributed by atoms with Crippen LogP contribution in [0.15, 0.2) is 35.8 Å². The van der Waals surface area contributed by atoms with E-state index in [9.17, 15) is 9.59 Å². The van der Waals surface area contributed by atoms with E-state index >= 15 is 0 Å². The zero-order valence-corrected chi connectivity index (χ0v) is 15.1. The van der Waals surface area contributed by atoms with Gasteiger partial charge in [0.25, 0.3) is 5.91 Å². The number of rotatable bonds is 6. The summed E-state index contributed by atoms with van der Waals surface area (Å²) in [4.78, 5) is 31.4. The Bertz CT molecular complexity index is 681. The molecule has 0 bridgehead atoms. The molecule has 1 atom stereocenters. The lowest BCUT2D eigenvalue weighted by molar-refractivity contribution is -0.118.